The molecule has 1 N–H and O–H groups in total. The number of methoxy groups -OCH3 is 1. The molecule has 0 spiro atoms. The SMILES string of the molecule is CCC[C@@]1(C(=O)OC)N[C@@H](c2cccc(F)c2)[C@H]2C(=O)N(CC)C(=O)[C@H]21. The standard InChI is InChI=1S/C19H23FN2O4/c1-4-9-19(18(25)26-3)14-13(16(23)22(5-2)17(14)24)15(21-19)11-7-6-8-12(20)10-11/h6-8,10,13-15,21H,4-5,9H2,1-3H3/t13-,14-,15-,19+/m0/s1. The number of likely N-dealkylation sites (tertiary alicyclic amines) is 1. The molecule has 2 heterocycles. The Balaban J connectivity index is 2.15. The van der Waals surface area contributed by atoms with Crippen molar-refractivity contribution in [1.82, 2.24) is 10.2 Å². The molecule has 1 aromatic carbocycles. The van der Waals surface area contributed by atoms with Crippen molar-refractivity contribution in [1.29, 1.82) is 0 Å². The molecule has 2 amide bonds. The number of rotatable bonds is 5. The van der Waals surface area contributed by atoms with Crippen LogP contribution in [0, 0.1) is 17.7 Å². The number of carbonyl (C=O) groups is 3. The fraction of sp³-hybridized carbons (Fsp3) is 0.526. The number of esters is 1. The minimum atomic E-state index is -1.29. The second-order valence-corrected chi connectivity index (χ2v) is 6.81. The quantitative estimate of drug-likeness (QED) is 0.639. The summed E-state index contributed by atoms with van der Waals surface area (Å²) in [6, 6.07) is 5.27. The topological polar surface area (TPSA) is 75.7 Å². The number of halogens is 1. The van der Waals surface area contributed by atoms with Crippen molar-refractivity contribution in [3.05, 3.63) is 35.6 Å². The molecule has 7 heteroatoms. The molecule has 1 aromatic rings. The summed E-state index contributed by atoms with van der Waals surface area (Å²) in [7, 11) is 1.27. The van der Waals surface area contributed by atoms with E-state index in [1.807, 2.05) is 6.92 Å². The first-order valence-corrected chi connectivity index (χ1v) is 8.88. The van der Waals surface area contributed by atoms with Crippen LogP contribution in [0.15, 0.2) is 24.3 Å². The molecule has 0 radical (unpaired) electrons. The number of ether oxygens (including phenoxy) is 1. The highest BCUT2D eigenvalue weighted by atomic mass is 19.1. The minimum absolute atomic E-state index is 0.240. The van der Waals surface area contributed by atoms with Crippen LogP contribution in [0.2, 0.25) is 0 Å². The highest BCUT2D eigenvalue weighted by Gasteiger charge is 2.68. The number of fused-ring (bicyclic) bond motifs is 1. The van der Waals surface area contributed by atoms with E-state index in [2.05, 4.69) is 5.32 Å². The third kappa shape index (κ3) is 2.53. The van der Waals surface area contributed by atoms with Gasteiger partial charge in [-0.3, -0.25) is 24.6 Å². The molecule has 0 unspecified atom stereocenters. The maximum absolute atomic E-state index is 13.8. The molecule has 6 nitrogen and oxygen atoms in total. The maximum Gasteiger partial charge on any atom is 0.326 e. The van der Waals surface area contributed by atoms with Crippen molar-refractivity contribution in [2.75, 3.05) is 13.7 Å². The van der Waals surface area contributed by atoms with Crippen molar-refractivity contribution in [2.24, 2.45) is 11.8 Å². The van der Waals surface area contributed by atoms with Crippen LogP contribution in [-0.2, 0) is 19.1 Å². The molecule has 0 aromatic heterocycles. The van der Waals surface area contributed by atoms with Crippen LogP contribution in [0.3, 0.4) is 0 Å². The van der Waals surface area contributed by atoms with Gasteiger partial charge < -0.3 is 4.74 Å². The largest absolute Gasteiger partial charge is 0.468 e. The number of hydrogen-bond donors (Lipinski definition) is 1. The van der Waals surface area contributed by atoms with Crippen LogP contribution in [0.4, 0.5) is 4.39 Å². The normalized spacial score (nSPS) is 30.6. The van der Waals surface area contributed by atoms with Gasteiger partial charge in [0.05, 0.1) is 18.9 Å². The summed E-state index contributed by atoms with van der Waals surface area (Å²) in [5.74, 6) is -3.30. The Hall–Kier alpha value is -2.28. The first-order valence-electron chi connectivity index (χ1n) is 8.88. The number of carbonyl (C=O) groups excluding carboxylic acids is 3. The second kappa shape index (κ2) is 6.79. The summed E-state index contributed by atoms with van der Waals surface area (Å²) in [6.45, 7) is 3.86. The molecule has 4 atom stereocenters. The van der Waals surface area contributed by atoms with E-state index in [1.54, 1.807) is 19.1 Å². The van der Waals surface area contributed by atoms with Gasteiger partial charge in [-0.2, -0.15) is 0 Å². The van der Waals surface area contributed by atoms with Crippen molar-refractivity contribution < 1.29 is 23.5 Å². The lowest BCUT2D eigenvalue weighted by Crippen LogP contribution is -2.56. The first kappa shape index (κ1) is 18.5. The van der Waals surface area contributed by atoms with Crippen LogP contribution in [0.25, 0.3) is 0 Å². The zero-order valence-corrected chi connectivity index (χ0v) is 15.1. The van der Waals surface area contributed by atoms with E-state index < -0.39 is 35.2 Å². The predicted octanol–water partition coefficient (Wildman–Crippen LogP) is 1.80. The third-order valence-corrected chi connectivity index (χ3v) is 5.46. The van der Waals surface area contributed by atoms with E-state index in [4.69, 9.17) is 4.74 Å². The molecule has 140 valence electrons. The molecule has 26 heavy (non-hydrogen) atoms. The number of nitrogens with zero attached hydrogens (tertiary/aromatic N) is 1. The Morgan fingerprint density at radius 1 is 1.31 bits per heavy atom. The fourth-order valence-corrected chi connectivity index (χ4v) is 4.46. The zero-order valence-electron chi connectivity index (χ0n) is 15.1. The summed E-state index contributed by atoms with van der Waals surface area (Å²) in [5, 5.41) is 3.20. The van der Waals surface area contributed by atoms with Gasteiger partial charge in [0.1, 0.15) is 11.4 Å². The zero-order chi connectivity index (χ0) is 19.1. The molecule has 2 aliphatic rings. The molecule has 2 saturated heterocycles. The fourth-order valence-electron chi connectivity index (χ4n) is 4.46. The number of imide groups is 1. The van der Waals surface area contributed by atoms with Crippen LogP contribution in [-0.4, -0.2) is 41.9 Å². The van der Waals surface area contributed by atoms with Crippen molar-refractivity contribution in [2.45, 2.75) is 38.3 Å². The van der Waals surface area contributed by atoms with Gasteiger partial charge in [-0.05, 0) is 31.0 Å². The van der Waals surface area contributed by atoms with Crippen LogP contribution in [0.1, 0.15) is 38.3 Å². The number of benzene rings is 1. The molecule has 2 fully saturated rings. The summed E-state index contributed by atoms with van der Waals surface area (Å²) in [4.78, 5) is 39.8. The van der Waals surface area contributed by atoms with E-state index in [9.17, 15) is 18.8 Å². The smallest absolute Gasteiger partial charge is 0.326 e. The third-order valence-electron chi connectivity index (χ3n) is 5.46. The van der Waals surface area contributed by atoms with Crippen LogP contribution in [0.5, 0.6) is 0 Å². The van der Waals surface area contributed by atoms with Gasteiger partial charge in [0.25, 0.3) is 0 Å². The average molecular weight is 362 g/mol. The van der Waals surface area contributed by atoms with Crippen molar-refractivity contribution in [3.63, 3.8) is 0 Å². The van der Waals surface area contributed by atoms with Crippen LogP contribution >= 0.6 is 0 Å². The Bertz CT molecular complexity index is 753. The lowest BCUT2D eigenvalue weighted by atomic mass is 9.77. The van der Waals surface area contributed by atoms with Gasteiger partial charge in [-0.25, -0.2) is 4.39 Å². The van der Waals surface area contributed by atoms with Gasteiger partial charge in [-0.1, -0.05) is 25.5 Å². The van der Waals surface area contributed by atoms with E-state index in [-0.39, 0.29) is 18.4 Å². The molecular formula is C19H23FN2O4. The Labute approximate surface area is 151 Å². The van der Waals surface area contributed by atoms with Crippen LogP contribution < -0.4 is 5.32 Å². The van der Waals surface area contributed by atoms with Crippen molar-refractivity contribution >= 4 is 17.8 Å². The maximum atomic E-state index is 13.8. The Morgan fingerprint density at radius 3 is 2.62 bits per heavy atom. The minimum Gasteiger partial charge on any atom is -0.468 e. The van der Waals surface area contributed by atoms with E-state index in [0.717, 1.165) is 0 Å². The van der Waals surface area contributed by atoms with E-state index >= 15 is 0 Å². The number of amides is 2. The lowest BCUT2D eigenvalue weighted by Gasteiger charge is -2.32. The van der Waals surface area contributed by atoms with Crippen molar-refractivity contribution in [3.8, 4) is 0 Å². The van der Waals surface area contributed by atoms with E-state index in [0.29, 0.717) is 18.4 Å². The number of nitrogens with one attached hydrogen (secondary N) is 1. The average Bonchev–Trinajstić information content (AvgIpc) is 3.09. The Kier molecular flexibility index (Phi) is 4.84. The molecular weight excluding hydrogens is 339 g/mol. The van der Waals surface area contributed by atoms with Gasteiger partial charge in [0.2, 0.25) is 11.8 Å². The first-order chi connectivity index (χ1) is 12.4. The second-order valence-electron chi connectivity index (χ2n) is 6.81. The molecule has 2 aliphatic heterocycles. The highest BCUT2D eigenvalue weighted by Crippen LogP contribution is 2.50. The van der Waals surface area contributed by atoms with Gasteiger partial charge in [0, 0.05) is 12.6 Å². The van der Waals surface area contributed by atoms with Gasteiger partial charge in [-0.15, -0.1) is 0 Å². The molecule has 3 rings (SSSR count). The Morgan fingerprint density at radius 2 is 2.04 bits per heavy atom. The van der Waals surface area contributed by atoms with E-state index in [1.165, 1.54) is 24.1 Å². The molecule has 0 aliphatic carbocycles. The van der Waals surface area contributed by atoms with Gasteiger partial charge >= 0.3 is 5.97 Å². The lowest BCUT2D eigenvalue weighted by molar-refractivity contribution is -0.154. The number of hydrogen-bond acceptors (Lipinski definition) is 5. The summed E-state index contributed by atoms with van der Waals surface area (Å²) in [5.41, 5.74) is -0.747. The summed E-state index contributed by atoms with van der Waals surface area (Å²) in [6.07, 6.45) is 0.970. The monoisotopic (exact) mass is 362 g/mol. The summed E-state index contributed by atoms with van der Waals surface area (Å²) < 4.78 is 18.8. The summed E-state index contributed by atoms with van der Waals surface area (Å²) >= 11 is 0. The molecule has 0 saturated carbocycles. The predicted molar refractivity (Wildman–Crippen MR) is 91.3 cm³/mol. The highest BCUT2D eigenvalue weighted by molar-refractivity contribution is 6.09. The molecule has 0 bridgehead atoms. The van der Waals surface area contributed by atoms with Gasteiger partial charge in [0.15, 0.2) is 0 Å².